The summed E-state index contributed by atoms with van der Waals surface area (Å²) < 4.78 is 28.7. The fraction of sp³-hybridized carbons (Fsp3) is 0.348. The number of ether oxygens (including phenoxy) is 1. The van der Waals surface area contributed by atoms with Crippen molar-refractivity contribution >= 4 is 45.3 Å². The summed E-state index contributed by atoms with van der Waals surface area (Å²) in [6, 6.07) is 17.0. The fourth-order valence-electron chi connectivity index (χ4n) is 3.30. The zero-order valence-corrected chi connectivity index (χ0v) is 21.1. The monoisotopic (exact) mass is 555 g/mol. The van der Waals surface area contributed by atoms with Gasteiger partial charge in [-0.1, -0.05) is 36.4 Å². The van der Waals surface area contributed by atoms with Gasteiger partial charge in [0.05, 0.1) is 11.4 Å². The number of sulfone groups is 1. The molecule has 1 aliphatic rings. The Bertz CT molecular complexity index is 990. The molecular weight excluding hydrogens is 525 g/mol. The Morgan fingerprint density at radius 1 is 1.13 bits per heavy atom. The molecule has 0 saturated carbocycles. The number of nitrogens with one attached hydrogen (secondary N) is 1. The zero-order chi connectivity index (χ0) is 21.4. The minimum atomic E-state index is -3.19. The molecule has 1 aliphatic heterocycles. The van der Waals surface area contributed by atoms with Crippen LogP contribution in [-0.4, -0.2) is 58.3 Å². The van der Waals surface area contributed by atoms with Gasteiger partial charge in [-0.25, -0.2) is 13.4 Å². The number of hydrogen-bond acceptors (Lipinski definition) is 4. The smallest absolute Gasteiger partial charge is 0.194 e. The van der Waals surface area contributed by atoms with Crippen molar-refractivity contribution in [2.75, 3.05) is 39.0 Å². The Morgan fingerprint density at radius 2 is 1.84 bits per heavy atom. The average molecular weight is 555 g/mol. The van der Waals surface area contributed by atoms with Crippen molar-refractivity contribution in [3.05, 3.63) is 66.2 Å². The van der Waals surface area contributed by atoms with Crippen molar-refractivity contribution in [2.45, 2.75) is 18.2 Å². The zero-order valence-electron chi connectivity index (χ0n) is 18.0. The third-order valence-electron chi connectivity index (χ3n) is 4.86. The van der Waals surface area contributed by atoms with Gasteiger partial charge in [-0.2, -0.15) is 0 Å². The maximum absolute atomic E-state index is 11.5. The molecule has 0 amide bonds. The van der Waals surface area contributed by atoms with Crippen LogP contribution in [0.2, 0.25) is 0 Å². The van der Waals surface area contributed by atoms with Crippen LogP contribution in [0.15, 0.2) is 70.6 Å². The molecule has 168 valence electrons. The molecule has 0 atom stereocenters. The second-order valence-electron chi connectivity index (χ2n) is 7.12. The van der Waals surface area contributed by atoms with E-state index in [1.807, 2.05) is 6.07 Å². The maximum Gasteiger partial charge on any atom is 0.194 e. The molecule has 3 rings (SSSR count). The first-order valence-corrected chi connectivity index (χ1v) is 12.1. The van der Waals surface area contributed by atoms with Crippen molar-refractivity contribution in [3.63, 3.8) is 0 Å². The quantitative estimate of drug-likeness (QED) is 0.244. The molecule has 8 heteroatoms. The highest BCUT2D eigenvalue weighted by molar-refractivity contribution is 14.0. The van der Waals surface area contributed by atoms with Gasteiger partial charge in [0, 0.05) is 25.9 Å². The van der Waals surface area contributed by atoms with Gasteiger partial charge in [0.2, 0.25) is 0 Å². The Hall–Kier alpha value is -2.07. The number of aliphatic imine (C=N–C) groups is 1. The first-order chi connectivity index (χ1) is 14.5. The van der Waals surface area contributed by atoms with Crippen LogP contribution in [0.25, 0.3) is 5.57 Å². The average Bonchev–Trinajstić information content (AvgIpc) is 2.76. The molecule has 6 nitrogen and oxygen atoms in total. The molecule has 2 aromatic rings. The van der Waals surface area contributed by atoms with Crippen LogP contribution in [0, 0.1) is 0 Å². The Balaban J connectivity index is 0.00000341. The first kappa shape index (κ1) is 25.2. The summed E-state index contributed by atoms with van der Waals surface area (Å²) in [6.45, 7) is 5.54. The van der Waals surface area contributed by atoms with Gasteiger partial charge in [-0.05, 0) is 48.7 Å². The number of halogens is 1. The molecule has 1 heterocycles. The number of nitrogens with zero attached hydrogens (tertiary/aromatic N) is 2. The predicted molar refractivity (Wildman–Crippen MR) is 137 cm³/mol. The summed E-state index contributed by atoms with van der Waals surface area (Å²) in [4.78, 5) is 7.22. The molecule has 0 unspecified atom stereocenters. The van der Waals surface area contributed by atoms with Crippen molar-refractivity contribution in [2.24, 2.45) is 4.99 Å². The van der Waals surface area contributed by atoms with E-state index >= 15 is 0 Å². The van der Waals surface area contributed by atoms with E-state index < -0.39 is 9.84 Å². The molecular formula is C23H30IN3O3S. The van der Waals surface area contributed by atoms with Crippen molar-refractivity contribution in [1.29, 1.82) is 0 Å². The largest absolute Gasteiger partial charge is 0.492 e. The number of hydrogen-bond donors (Lipinski definition) is 1. The normalized spacial score (nSPS) is 14.5. The number of rotatable bonds is 7. The van der Waals surface area contributed by atoms with Crippen LogP contribution in [0.3, 0.4) is 0 Å². The Labute approximate surface area is 202 Å². The first-order valence-electron chi connectivity index (χ1n) is 10.2. The van der Waals surface area contributed by atoms with Gasteiger partial charge in [0.1, 0.15) is 12.4 Å². The highest BCUT2D eigenvalue weighted by Crippen LogP contribution is 2.22. The molecule has 31 heavy (non-hydrogen) atoms. The topological polar surface area (TPSA) is 71.0 Å². The summed E-state index contributed by atoms with van der Waals surface area (Å²) in [6.07, 6.45) is 4.45. The minimum Gasteiger partial charge on any atom is -0.492 e. The van der Waals surface area contributed by atoms with Crippen LogP contribution in [0.1, 0.15) is 18.9 Å². The highest BCUT2D eigenvalue weighted by Gasteiger charge is 2.16. The molecule has 0 spiro atoms. The van der Waals surface area contributed by atoms with E-state index in [1.165, 1.54) is 17.4 Å². The fourth-order valence-corrected chi connectivity index (χ4v) is 3.93. The van der Waals surface area contributed by atoms with E-state index in [2.05, 4.69) is 52.5 Å². The van der Waals surface area contributed by atoms with Gasteiger partial charge < -0.3 is 15.0 Å². The lowest BCUT2D eigenvalue weighted by molar-refractivity contribution is 0.326. The van der Waals surface area contributed by atoms with Gasteiger partial charge >= 0.3 is 0 Å². The number of guanidine groups is 1. The summed E-state index contributed by atoms with van der Waals surface area (Å²) in [5.41, 5.74) is 2.66. The van der Waals surface area contributed by atoms with Crippen LogP contribution in [0.4, 0.5) is 0 Å². The van der Waals surface area contributed by atoms with E-state index in [0.29, 0.717) is 18.9 Å². The summed E-state index contributed by atoms with van der Waals surface area (Å²) in [5, 5.41) is 3.35. The SMILES string of the molecule is CCNC(=NCCOc1ccc(S(C)(=O)=O)cc1)N1CC=C(c2ccccc2)CC1.I. The molecule has 0 aliphatic carbocycles. The van der Waals surface area contributed by atoms with E-state index in [9.17, 15) is 8.42 Å². The summed E-state index contributed by atoms with van der Waals surface area (Å²) in [7, 11) is -3.19. The van der Waals surface area contributed by atoms with Crippen molar-refractivity contribution < 1.29 is 13.2 Å². The Morgan fingerprint density at radius 3 is 2.42 bits per heavy atom. The van der Waals surface area contributed by atoms with E-state index in [-0.39, 0.29) is 28.9 Å². The maximum atomic E-state index is 11.5. The van der Waals surface area contributed by atoms with Crippen molar-refractivity contribution in [3.8, 4) is 5.75 Å². The second kappa shape index (κ2) is 12.1. The molecule has 0 aromatic heterocycles. The highest BCUT2D eigenvalue weighted by atomic mass is 127. The van der Waals surface area contributed by atoms with Crippen LogP contribution >= 0.6 is 24.0 Å². The molecule has 0 bridgehead atoms. The molecule has 1 N–H and O–H groups in total. The van der Waals surface area contributed by atoms with E-state index in [4.69, 9.17) is 4.74 Å². The van der Waals surface area contributed by atoms with Crippen LogP contribution in [-0.2, 0) is 9.84 Å². The number of benzene rings is 2. The van der Waals surface area contributed by atoms with Crippen LogP contribution < -0.4 is 10.1 Å². The molecule has 0 radical (unpaired) electrons. The molecule has 0 saturated heterocycles. The van der Waals surface area contributed by atoms with Crippen LogP contribution in [0.5, 0.6) is 5.75 Å². The lowest BCUT2D eigenvalue weighted by Crippen LogP contribution is -2.43. The lowest BCUT2D eigenvalue weighted by Gasteiger charge is -2.29. The van der Waals surface area contributed by atoms with Gasteiger partial charge in [-0.3, -0.25) is 0 Å². The molecule has 2 aromatic carbocycles. The van der Waals surface area contributed by atoms with Gasteiger partial charge in [-0.15, -0.1) is 24.0 Å². The lowest BCUT2D eigenvalue weighted by atomic mass is 10.00. The molecule has 0 fully saturated rings. The third-order valence-corrected chi connectivity index (χ3v) is 5.99. The minimum absolute atomic E-state index is 0. The summed E-state index contributed by atoms with van der Waals surface area (Å²) in [5.74, 6) is 1.52. The predicted octanol–water partition coefficient (Wildman–Crippen LogP) is 3.84. The summed E-state index contributed by atoms with van der Waals surface area (Å²) >= 11 is 0. The van der Waals surface area contributed by atoms with E-state index in [0.717, 1.165) is 32.0 Å². The van der Waals surface area contributed by atoms with E-state index in [1.54, 1.807) is 24.3 Å². The second-order valence-corrected chi connectivity index (χ2v) is 9.13. The Kier molecular flexibility index (Phi) is 9.83. The van der Waals surface area contributed by atoms with Gasteiger partial charge in [0.15, 0.2) is 15.8 Å². The van der Waals surface area contributed by atoms with Crippen molar-refractivity contribution in [1.82, 2.24) is 10.2 Å². The standard InChI is InChI=1S/C23H29N3O3S.HI/c1-3-24-23(26-16-13-20(14-17-26)19-7-5-4-6-8-19)25-15-18-29-21-9-11-22(12-10-21)30(2,27)28;/h4-13H,3,14-18H2,1-2H3,(H,24,25);1H. The third kappa shape index (κ3) is 7.53. The van der Waals surface area contributed by atoms with Gasteiger partial charge in [0.25, 0.3) is 0 Å².